The van der Waals surface area contributed by atoms with Crippen LogP contribution in [-0.2, 0) is 16.4 Å². The molecule has 32 heavy (non-hydrogen) atoms. The van der Waals surface area contributed by atoms with Crippen LogP contribution in [0.5, 0.6) is 5.75 Å². The number of aromatic nitrogens is 4. The predicted octanol–water partition coefficient (Wildman–Crippen LogP) is 4.50. The Kier molecular flexibility index (Phi) is 5.20. The number of fused-ring (bicyclic) bond motifs is 1. The van der Waals surface area contributed by atoms with Crippen molar-refractivity contribution in [1.82, 2.24) is 19.4 Å². The average molecular weight is 463 g/mol. The summed E-state index contributed by atoms with van der Waals surface area (Å²) >= 11 is 1.49. The normalized spacial score (nSPS) is 11.7. The van der Waals surface area contributed by atoms with Crippen molar-refractivity contribution in [3.8, 4) is 28.4 Å². The lowest BCUT2D eigenvalue weighted by Crippen LogP contribution is -2.05. The standard InChI is InChI=1S/C23H18N4O3S2/c1-32(28,29)22-24-11-10-19(25-22)21-20(26-23-27(21)12-13-31-23)17-8-5-9-18(14-17)30-15-16-6-3-2-4-7-16/h2-14H,15H2,1H3. The molecule has 5 rings (SSSR count). The number of ether oxygens (including phenoxy) is 1. The number of rotatable bonds is 6. The van der Waals surface area contributed by atoms with Crippen LogP contribution in [0, 0.1) is 0 Å². The Hall–Kier alpha value is -3.56. The molecule has 0 aliphatic carbocycles. The summed E-state index contributed by atoms with van der Waals surface area (Å²) in [6.07, 6.45) is 4.44. The molecule has 3 heterocycles. The summed E-state index contributed by atoms with van der Waals surface area (Å²) in [6.45, 7) is 0.457. The van der Waals surface area contributed by atoms with Gasteiger partial charge >= 0.3 is 0 Å². The lowest BCUT2D eigenvalue weighted by molar-refractivity contribution is 0.306. The van der Waals surface area contributed by atoms with Crippen molar-refractivity contribution in [2.45, 2.75) is 11.8 Å². The second-order valence-electron chi connectivity index (χ2n) is 7.16. The first-order chi connectivity index (χ1) is 15.5. The zero-order valence-electron chi connectivity index (χ0n) is 17.0. The molecule has 0 bridgehead atoms. The van der Waals surface area contributed by atoms with E-state index in [1.54, 1.807) is 6.07 Å². The minimum Gasteiger partial charge on any atom is -0.489 e. The predicted molar refractivity (Wildman–Crippen MR) is 123 cm³/mol. The Morgan fingerprint density at radius 2 is 1.88 bits per heavy atom. The fourth-order valence-corrected chi connectivity index (χ4v) is 4.59. The number of thiazole rings is 1. The van der Waals surface area contributed by atoms with Crippen LogP contribution in [0.15, 0.2) is 83.6 Å². The highest BCUT2D eigenvalue weighted by Crippen LogP contribution is 2.35. The summed E-state index contributed by atoms with van der Waals surface area (Å²) in [5.74, 6) is 0.716. The van der Waals surface area contributed by atoms with E-state index >= 15 is 0 Å². The van der Waals surface area contributed by atoms with Crippen LogP contribution >= 0.6 is 11.3 Å². The minimum atomic E-state index is -3.54. The van der Waals surface area contributed by atoms with Crippen LogP contribution in [-0.4, -0.2) is 34.0 Å². The molecular weight excluding hydrogens is 444 g/mol. The van der Waals surface area contributed by atoms with E-state index in [0.29, 0.717) is 29.4 Å². The second kappa shape index (κ2) is 8.18. The molecule has 3 aromatic heterocycles. The molecule has 0 atom stereocenters. The van der Waals surface area contributed by atoms with Crippen LogP contribution in [0.25, 0.3) is 27.6 Å². The summed E-state index contributed by atoms with van der Waals surface area (Å²) in [6, 6.07) is 19.3. The molecule has 5 aromatic rings. The number of sulfone groups is 1. The van der Waals surface area contributed by atoms with Gasteiger partial charge in [0.1, 0.15) is 18.1 Å². The largest absolute Gasteiger partial charge is 0.489 e. The average Bonchev–Trinajstić information content (AvgIpc) is 3.39. The van der Waals surface area contributed by atoms with Crippen molar-refractivity contribution in [2.75, 3.05) is 6.26 Å². The van der Waals surface area contributed by atoms with Gasteiger partial charge in [-0.05, 0) is 23.8 Å². The number of hydrogen-bond donors (Lipinski definition) is 0. The van der Waals surface area contributed by atoms with E-state index in [1.807, 2.05) is 70.6 Å². The van der Waals surface area contributed by atoms with Crippen molar-refractivity contribution in [3.63, 3.8) is 0 Å². The van der Waals surface area contributed by atoms with E-state index in [4.69, 9.17) is 9.72 Å². The van der Waals surface area contributed by atoms with Gasteiger partial charge in [0.15, 0.2) is 4.96 Å². The molecule has 160 valence electrons. The van der Waals surface area contributed by atoms with Crippen molar-refractivity contribution in [1.29, 1.82) is 0 Å². The first-order valence-electron chi connectivity index (χ1n) is 9.75. The van der Waals surface area contributed by atoms with Gasteiger partial charge < -0.3 is 4.74 Å². The molecular formula is C23H18N4O3S2. The molecule has 0 radical (unpaired) electrons. The summed E-state index contributed by atoms with van der Waals surface area (Å²) in [5, 5.41) is 1.71. The number of nitrogens with zero attached hydrogens (tertiary/aromatic N) is 4. The van der Waals surface area contributed by atoms with Crippen molar-refractivity contribution < 1.29 is 13.2 Å². The number of benzene rings is 2. The summed E-state index contributed by atoms with van der Waals surface area (Å²) in [5.41, 5.74) is 3.81. The Morgan fingerprint density at radius 1 is 1.03 bits per heavy atom. The highest BCUT2D eigenvalue weighted by atomic mass is 32.2. The first-order valence-corrected chi connectivity index (χ1v) is 12.5. The third-order valence-electron chi connectivity index (χ3n) is 4.83. The van der Waals surface area contributed by atoms with E-state index in [1.165, 1.54) is 17.5 Å². The maximum absolute atomic E-state index is 12.0. The zero-order chi connectivity index (χ0) is 22.1. The van der Waals surface area contributed by atoms with Gasteiger partial charge in [-0.2, -0.15) is 0 Å². The van der Waals surface area contributed by atoms with Crippen LogP contribution < -0.4 is 4.74 Å². The maximum atomic E-state index is 12.0. The number of hydrogen-bond acceptors (Lipinski definition) is 7. The van der Waals surface area contributed by atoms with Gasteiger partial charge in [0, 0.05) is 29.6 Å². The van der Waals surface area contributed by atoms with Crippen LogP contribution in [0.2, 0.25) is 0 Å². The van der Waals surface area contributed by atoms with Gasteiger partial charge in [0.2, 0.25) is 15.0 Å². The molecule has 0 amide bonds. The van der Waals surface area contributed by atoms with Gasteiger partial charge in [0.05, 0.1) is 11.4 Å². The Labute approximate surface area is 188 Å². The molecule has 7 nitrogen and oxygen atoms in total. The van der Waals surface area contributed by atoms with Gasteiger partial charge in [0.25, 0.3) is 0 Å². The lowest BCUT2D eigenvalue weighted by Gasteiger charge is -2.09. The smallest absolute Gasteiger partial charge is 0.247 e. The molecule has 9 heteroatoms. The highest BCUT2D eigenvalue weighted by Gasteiger charge is 2.20. The number of imidazole rings is 1. The third-order valence-corrected chi connectivity index (χ3v) is 6.44. The van der Waals surface area contributed by atoms with Crippen molar-refractivity contribution in [2.24, 2.45) is 0 Å². The Bertz CT molecular complexity index is 1510. The third kappa shape index (κ3) is 4.00. The van der Waals surface area contributed by atoms with E-state index in [9.17, 15) is 8.42 Å². The van der Waals surface area contributed by atoms with E-state index in [0.717, 1.165) is 22.3 Å². The SMILES string of the molecule is CS(=O)(=O)c1nccc(-c2c(-c3cccc(OCc4ccccc4)c3)nc3sccn23)n1. The first kappa shape index (κ1) is 20.3. The summed E-state index contributed by atoms with van der Waals surface area (Å²) in [7, 11) is -3.54. The van der Waals surface area contributed by atoms with Crippen molar-refractivity contribution >= 4 is 26.1 Å². The Morgan fingerprint density at radius 3 is 2.69 bits per heavy atom. The molecule has 0 fully saturated rings. The topological polar surface area (TPSA) is 86.5 Å². The summed E-state index contributed by atoms with van der Waals surface area (Å²) in [4.78, 5) is 13.8. The van der Waals surface area contributed by atoms with Crippen molar-refractivity contribution in [3.05, 3.63) is 84.0 Å². The fraction of sp³-hybridized carbons (Fsp3) is 0.0870. The molecule has 0 spiro atoms. The Balaban J connectivity index is 1.57. The molecule has 2 aromatic carbocycles. The monoisotopic (exact) mass is 462 g/mol. The molecule has 0 aliphatic heterocycles. The van der Waals surface area contributed by atoms with E-state index in [2.05, 4.69) is 9.97 Å². The van der Waals surface area contributed by atoms with Gasteiger partial charge in [-0.1, -0.05) is 42.5 Å². The van der Waals surface area contributed by atoms with Crippen LogP contribution in [0.3, 0.4) is 0 Å². The van der Waals surface area contributed by atoms with Gasteiger partial charge in [-0.15, -0.1) is 11.3 Å². The maximum Gasteiger partial charge on any atom is 0.247 e. The molecule has 0 aliphatic rings. The highest BCUT2D eigenvalue weighted by molar-refractivity contribution is 7.90. The lowest BCUT2D eigenvalue weighted by atomic mass is 10.1. The van der Waals surface area contributed by atoms with Crippen LogP contribution in [0.1, 0.15) is 5.56 Å². The fourth-order valence-electron chi connectivity index (χ4n) is 3.36. The molecule has 0 saturated carbocycles. The second-order valence-corrected chi connectivity index (χ2v) is 9.95. The molecule has 0 N–H and O–H groups in total. The summed E-state index contributed by atoms with van der Waals surface area (Å²) < 4.78 is 31.9. The zero-order valence-corrected chi connectivity index (χ0v) is 18.7. The van der Waals surface area contributed by atoms with E-state index in [-0.39, 0.29) is 5.16 Å². The van der Waals surface area contributed by atoms with Gasteiger partial charge in [-0.25, -0.2) is 23.4 Å². The van der Waals surface area contributed by atoms with E-state index < -0.39 is 9.84 Å². The van der Waals surface area contributed by atoms with Gasteiger partial charge in [-0.3, -0.25) is 4.40 Å². The quantitative estimate of drug-likeness (QED) is 0.345. The van der Waals surface area contributed by atoms with Crippen LogP contribution in [0.4, 0.5) is 0 Å². The molecule has 0 saturated heterocycles. The molecule has 0 unspecified atom stereocenters. The minimum absolute atomic E-state index is 0.217.